The SMILES string of the molecule is CCCCC/C=C\C=C/CCCCCCCCCCCC(O)C(=O)NC(CO)C(O)C(O)CCCCCCCCCCC. The Morgan fingerprint density at radius 2 is 0.977 bits per heavy atom. The Morgan fingerprint density at radius 1 is 0.581 bits per heavy atom. The first-order valence-electron chi connectivity index (χ1n) is 18.2. The van der Waals surface area contributed by atoms with Crippen LogP contribution in [0.4, 0.5) is 0 Å². The predicted molar refractivity (Wildman–Crippen MR) is 182 cm³/mol. The van der Waals surface area contributed by atoms with Crippen molar-refractivity contribution < 1.29 is 25.2 Å². The Kier molecular flexibility index (Phi) is 31.3. The summed E-state index contributed by atoms with van der Waals surface area (Å²) in [4.78, 5) is 12.4. The lowest BCUT2D eigenvalue weighted by molar-refractivity contribution is -0.132. The Balaban J connectivity index is 3.80. The third kappa shape index (κ3) is 26.9. The van der Waals surface area contributed by atoms with Crippen LogP contribution in [0.5, 0.6) is 0 Å². The second-order valence-electron chi connectivity index (χ2n) is 12.6. The second-order valence-corrected chi connectivity index (χ2v) is 12.6. The minimum Gasteiger partial charge on any atom is -0.394 e. The van der Waals surface area contributed by atoms with Crippen LogP contribution in [0.3, 0.4) is 0 Å². The van der Waals surface area contributed by atoms with Crippen LogP contribution in [-0.4, -0.2) is 57.3 Å². The fourth-order valence-corrected chi connectivity index (χ4v) is 5.45. The van der Waals surface area contributed by atoms with Crippen LogP contribution in [0.15, 0.2) is 24.3 Å². The summed E-state index contributed by atoms with van der Waals surface area (Å²) in [5, 5.41) is 43.3. The van der Waals surface area contributed by atoms with Gasteiger partial charge in [-0.15, -0.1) is 0 Å². The number of rotatable bonds is 32. The monoisotopic (exact) mass is 610 g/mol. The second kappa shape index (κ2) is 32.2. The van der Waals surface area contributed by atoms with Crippen molar-refractivity contribution in [3.63, 3.8) is 0 Å². The topological polar surface area (TPSA) is 110 Å². The van der Waals surface area contributed by atoms with E-state index in [0.717, 1.165) is 44.9 Å². The summed E-state index contributed by atoms with van der Waals surface area (Å²) in [5.41, 5.74) is 0. The van der Waals surface area contributed by atoms with E-state index in [-0.39, 0.29) is 0 Å². The van der Waals surface area contributed by atoms with Gasteiger partial charge in [-0.1, -0.05) is 160 Å². The molecule has 0 rings (SSSR count). The van der Waals surface area contributed by atoms with Crippen molar-refractivity contribution in [2.24, 2.45) is 0 Å². The number of carbonyl (C=O) groups excluding carboxylic acids is 1. The van der Waals surface area contributed by atoms with E-state index in [1.54, 1.807) is 0 Å². The van der Waals surface area contributed by atoms with Gasteiger partial charge in [-0.25, -0.2) is 0 Å². The van der Waals surface area contributed by atoms with Crippen molar-refractivity contribution in [3.05, 3.63) is 24.3 Å². The highest BCUT2D eigenvalue weighted by atomic mass is 16.3. The molecule has 0 heterocycles. The third-order valence-electron chi connectivity index (χ3n) is 8.44. The van der Waals surface area contributed by atoms with E-state index in [0.29, 0.717) is 12.8 Å². The van der Waals surface area contributed by atoms with Crippen molar-refractivity contribution in [2.75, 3.05) is 6.61 Å². The molecule has 0 aliphatic rings. The third-order valence-corrected chi connectivity index (χ3v) is 8.44. The molecule has 0 aliphatic heterocycles. The summed E-state index contributed by atoms with van der Waals surface area (Å²) >= 11 is 0. The Bertz CT molecular complexity index is 653. The van der Waals surface area contributed by atoms with Crippen LogP contribution in [-0.2, 0) is 4.79 Å². The Labute approximate surface area is 265 Å². The van der Waals surface area contributed by atoms with Gasteiger partial charge in [-0.3, -0.25) is 4.79 Å². The molecule has 0 fully saturated rings. The van der Waals surface area contributed by atoms with Crippen LogP contribution in [0.25, 0.3) is 0 Å². The zero-order valence-electron chi connectivity index (χ0n) is 28.2. The standard InChI is InChI=1S/C37H71NO5/c1-3-5-7-9-11-13-14-15-16-17-18-19-20-21-23-25-27-29-31-35(41)37(43)38-33(32-39)36(42)34(40)30-28-26-24-22-12-10-8-6-4-2/h11,13-15,33-36,39-42H,3-10,12,16-32H2,1-2H3,(H,38,43)/b13-11-,15-14-. The summed E-state index contributed by atoms with van der Waals surface area (Å²) in [6, 6.07) is -0.983. The highest BCUT2D eigenvalue weighted by Crippen LogP contribution is 2.15. The van der Waals surface area contributed by atoms with Crippen LogP contribution >= 0.6 is 0 Å². The van der Waals surface area contributed by atoms with Gasteiger partial charge in [-0.2, -0.15) is 0 Å². The first kappa shape index (κ1) is 41.8. The molecule has 0 saturated heterocycles. The molecule has 6 heteroatoms. The fourth-order valence-electron chi connectivity index (χ4n) is 5.45. The summed E-state index contributed by atoms with van der Waals surface area (Å²) in [5.74, 6) is -0.591. The number of hydrogen-bond acceptors (Lipinski definition) is 5. The first-order chi connectivity index (χ1) is 21.0. The molecular weight excluding hydrogens is 538 g/mol. The summed E-state index contributed by atoms with van der Waals surface area (Å²) in [6.07, 6.45) is 33.4. The van der Waals surface area contributed by atoms with Gasteiger partial charge in [0.1, 0.15) is 12.2 Å². The summed E-state index contributed by atoms with van der Waals surface area (Å²) in [7, 11) is 0. The van der Waals surface area contributed by atoms with Gasteiger partial charge >= 0.3 is 0 Å². The van der Waals surface area contributed by atoms with E-state index < -0.39 is 36.9 Å². The molecule has 0 radical (unpaired) electrons. The average molecular weight is 610 g/mol. The maximum atomic E-state index is 12.4. The zero-order chi connectivity index (χ0) is 31.8. The maximum absolute atomic E-state index is 12.4. The smallest absolute Gasteiger partial charge is 0.249 e. The Morgan fingerprint density at radius 3 is 1.47 bits per heavy atom. The Hall–Kier alpha value is -1.21. The van der Waals surface area contributed by atoms with Gasteiger partial charge < -0.3 is 25.7 Å². The van der Waals surface area contributed by atoms with Crippen LogP contribution in [0.2, 0.25) is 0 Å². The maximum Gasteiger partial charge on any atom is 0.249 e. The fraction of sp³-hybridized carbons (Fsp3) is 0.865. The lowest BCUT2D eigenvalue weighted by Gasteiger charge is -2.27. The molecular formula is C37H71NO5. The van der Waals surface area contributed by atoms with Crippen molar-refractivity contribution in [1.82, 2.24) is 5.32 Å². The lowest BCUT2D eigenvalue weighted by atomic mass is 9.99. The minimum atomic E-state index is -1.26. The van der Waals surface area contributed by atoms with Gasteiger partial charge in [0.2, 0.25) is 5.91 Å². The molecule has 5 N–H and O–H groups in total. The van der Waals surface area contributed by atoms with E-state index in [1.165, 1.54) is 103 Å². The molecule has 0 spiro atoms. The molecule has 0 saturated carbocycles. The molecule has 0 aromatic heterocycles. The zero-order valence-corrected chi connectivity index (χ0v) is 28.2. The first-order valence-corrected chi connectivity index (χ1v) is 18.2. The van der Waals surface area contributed by atoms with Gasteiger partial charge in [0, 0.05) is 0 Å². The molecule has 4 unspecified atom stereocenters. The number of allylic oxidation sites excluding steroid dienone is 4. The number of nitrogens with one attached hydrogen (secondary N) is 1. The van der Waals surface area contributed by atoms with E-state index >= 15 is 0 Å². The molecule has 0 aliphatic carbocycles. The van der Waals surface area contributed by atoms with Gasteiger partial charge in [0.05, 0.1) is 18.8 Å². The van der Waals surface area contributed by atoms with E-state index in [1.807, 2.05) is 0 Å². The van der Waals surface area contributed by atoms with Crippen molar-refractivity contribution >= 4 is 5.91 Å². The van der Waals surface area contributed by atoms with E-state index in [4.69, 9.17) is 0 Å². The molecule has 0 bridgehead atoms. The molecule has 4 atom stereocenters. The van der Waals surface area contributed by atoms with E-state index in [9.17, 15) is 25.2 Å². The van der Waals surface area contributed by atoms with Crippen molar-refractivity contribution in [2.45, 2.75) is 199 Å². The summed E-state index contributed by atoms with van der Waals surface area (Å²) < 4.78 is 0. The van der Waals surface area contributed by atoms with Crippen molar-refractivity contribution in [3.8, 4) is 0 Å². The largest absolute Gasteiger partial charge is 0.394 e. The quantitative estimate of drug-likeness (QED) is 0.0388. The van der Waals surface area contributed by atoms with Crippen LogP contribution in [0.1, 0.15) is 174 Å². The average Bonchev–Trinajstić information content (AvgIpc) is 3.01. The van der Waals surface area contributed by atoms with Crippen LogP contribution in [0, 0.1) is 0 Å². The normalized spacial score (nSPS) is 14.8. The van der Waals surface area contributed by atoms with Gasteiger partial charge in [-0.05, 0) is 38.5 Å². The highest BCUT2D eigenvalue weighted by molar-refractivity contribution is 5.80. The number of aliphatic hydroxyl groups excluding tert-OH is 4. The predicted octanol–water partition coefficient (Wildman–Crippen LogP) is 8.45. The van der Waals surface area contributed by atoms with Crippen molar-refractivity contribution in [1.29, 1.82) is 0 Å². The number of amides is 1. The molecule has 43 heavy (non-hydrogen) atoms. The molecule has 254 valence electrons. The van der Waals surface area contributed by atoms with Gasteiger partial charge in [0.25, 0.3) is 0 Å². The van der Waals surface area contributed by atoms with Crippen LogP contribution < -0.4 is 5.32 Å². The number of hydrogen-bond donors (Lipinski definition) is 5. The highest BCUT2D eigenvalue weighted by Gasteiger charge is 2.28. The lowest BCUT2D eigenvalue weighted by Crippen LogP contribution is -2.53. The van der Waals surface area contributed by atoms with Gasteiger partial charge in [0.15, 0.2) is 0 Å². The molecule has 1 amide bonds. The number of unbranched alkanes of at least 4 members (excludes halogenated alkanes) is 20. The van der Waals surface area contributed by atoms with E-state index in [2.05, 4.69) is 43.5 Å². The summed E-state index contributed by atoms with van der Waals surface area (Å²) in [6.45, 7) is 3.97. The molecule has 0 aromatic rings. The number of carbonyl (C=O) groups is 1. The number of aliphatic hydroxyl groups is 4. The minimum absolute atomic E-state index is 0.364. The molecule has 0 aromatic carbocycles. The molecule has 6 nitrogen and oxygen atoms in total.